The number of hydrogen-bond donors (Lipinski definition) is 2. The number of guanidine groups is 1. The molecule has 1 aromatic heterocycles. The summed E-state index contributed by atoms with van der Waals surface area (Å²) >= 11 is 5.81. The van der Waals surface area contributed by atoms with Crippen LogP contribution in [-0.4, -0.2) is 37.7 Å². The monoisotopic (exact) mass is 338 g/mol. The maximum absolute atomic E-state index is 5.81. The van der Waals surface area contributed by atoms with E-state index in [1.54, 1.807) is 19.4 Å². The van der Waals surface area contributed by atoms with Gasteiger partial charge < -0.3 is 15.4 Å². The zero-order valence-electron chi connectivity index (χ0n) is 14.1. The molecule has 0 aromatic carbocycles. The number of nitrogens with one attached hydrogen (secondary N) is 2. The first kappa shape index (κ1) is 18.0. The van der Waals surface area contributed by atoms with Crippen molar-refractivity contribution in [1.29, 1.82) is 0 Å². The lowest BCUT2D eigenvalue weighted by atomic mass is 9.67. The fourth-order valence-electron chi connectivity index (χ4n) is 2.79. The van der Waals surface area contributed by atoms with E-state index >= 15 is 0 Å². The molecule has 1 saturated carbocycles. The number of nitrogens with zero attached hydrogens (tertiary/aromatic N) is 2. The molecular formula is C17H27ClN4O. The van der Waals surface area contributed by atoms with Gasteiger partial charge >= 0.3 is 0 Å². The molecule has 1 aliphatic rings. The van der Waals surface area contributed by atoms with Crippen molar-refractivity contribution in [3.63, 3.8) is 0 Å². The summed E-state index contributed by atoms with van der Waals surface area (Å²) in [5, 5.41) is 7.30. The van der Waals surface area contributed by atoms with Gasteiger partial charge in [-0.1, -0.05) is 24.1 Å². The van der Waals surface area contributed by atoms with Gasteiger partial charge in [-0.15, -0.1) is 0 Å². The zero-order valence-corrected chi connectivity index (χ0v) is 14.8. The van der Waals surface area contributed by atoms with Gasteiger partial charge in [0.1, 0.15) is 5.15 Å². The Balaban J connectivity index is 1.89. The molecule has 1 aromatic rings. The number of rotatable bonds is 8. The number of halogens is 1. The molecule has 0 saturated heterocycles. The van der Waals surface area contributed by atoms with Crippen molar-refractivity contribution in [1.82, 2.24) is 15.6 Å². The third kappa shape index (κ3) is 5.66. The van der Waals surface area contributed by atoms with Crippen LogP contribution >= 0.6 is 11.6 Å². The third-order valence-corrected chi connectivity index (χ3v) is 4.66. The molecule has 23 heavy (non-hydrogen) atoms. The first-order valence-corrected chi connectivity index (χ1v) is 8.67. The van der Waals surface area contributed by atoms with Gasteiger partial charge in [-0.2, -0.15) is 0 Å². The average Bonchev–Trinajstić information content (AvgIpc) is 2.52. The second kappa shape index (κ2) is 9.08. The lowest BCUT2D eigenvalue weighted by molar-refractivity contribution is 0.0732. The van der Waals surface area contributed by atoms with Crippen molar-refractivity contribution in [3.8, 4) is 0 Å². The van der Waals surface area contributed by atoms with Crippen LogP contribution in [-0.2, 0) is 11.3 Å². The first-order valence-electron chi connectivity index (χ1n) is 8.29. The molecule has 2 rings (SSSR count). The Morgan fingerprint density at radius 3 is 2.78 bits per heavy atom. The third-order valence-electron chi connectivity index (χ3n) is 4.43. The summed E-state index contributed by atoms with van der Waals surface area (Å²) in [6, 6.07) is 3.75. The molecule has 0 spiro atoms. The minimum absolute atomic E-state index is 0.369. The van der Waals surface area contributed by atoms with Gasteiger partial charge in [0.25, 0.3) is 0 Å². The summed E-state index contributed by atoms with van der Waals surface area (Å²) in [5.41, 5.74) is 1.41. The van der Waals surface area contributed by atoms with Crippen molar-refractivity contribution in [3.05, 3.63) is 29.0 Å². The van der Waals surface area contributed by atoms with Crippen molar-refractivity contribution in [2.24, 2.45) is 10.4 Å². The minimum atomic E-state index is 0.369. The fraction of sp³-hybridized carbons (Fsp3) is 0.647. The maximum Gasteiger partial charge on any atom is 0.191 e. The van der Waals surface area contributed by atoms with Crippen LogP contribution in [0, 0.1) is 5.41 Å². The van der Waals surface area contributed by atoms with E-state index < -0.39 is 0 Å². The molecule has 1 aliphatic carbocycles. The van der Waals surface area contributed by atoms with E-state index in [2.05, 4.69) is 27.5 Å². The summed E-state index contributed by atoms with van der Waals surface area (Å²) < 4.78 is 5.25. The van der Waals surface area contributed by atoms with Gasteiger partial charge in [0, 0.05) is 33.0 Å². The Morgan fingerprint density at radius 1 is 1.39 bits per heavy atom. The highest BCUT2D eigenvalue weighted by Crippen LogP contribution is 2.43. The zero-order chi connectivity index (χ0) is 16.5. The van der Waals surface area contributed by atoms with Crippen LogP contribution in [0.3, 0.4) is 0 Å². The molecule has 0 atom stereocenters. The fourth-order valence-corrected chi connectivity index (χ4v) is 2.91. The van der Waals surface area contributed by atoms with Gasteiger partial charge in [0.05, 0.1) is 6.54 Å². The Hall–Kier alpha value is -1.33. The molecule has 6 heteroatoms. The summed E-state index contributed by atoms with van der Waals surface area (Å²) in [5.74, 6) is 0.853. The number of pyridine rings is 1. The van der Waals surface area contributed by atoms with Gasteiger partial charge in [-0.25, -0.2) is 9.98 Å². The van der Waals surface area contributed by atoms with E-state index in [0.29, 0.717) is 17.1 Å². The number of aromatic nitrogens is 1. The Labute approximate surface area is 143 Å². The molecule has 0 aliphatic heterocycles. The molecule has 0 bridgehead atoms. The molecule has 0 amide bonds. The van der Waals surface area contributed by atoms with Crippen LogP contribution < -0.4 is 10.6 Å². The topological polar surface area (TPSA) is 58.5 Å². The van der Waals surface area contributed by atoms with Crippen LogP contribution in [0.4, 0.5) is 0 Å². The summed E-state index contributed by atoms with van der Waals surface area (Å²) in [7, 11) is 1.77. The number of ether oxygens (including phenoxy) is 1. The average molecular weight is 339 g/mol. The van der Waals surface area contributed by atoms with Crippen molar-refractivity contribution < 1.29 is 4.74 Å². The number of hydrogen-bond acceptors (Lipinski definition) is 3. The molecule has 1 heterocycles. The highest BCUT2D eigenvalue weighted by atomic mass is 35.5. The van der Waals surface area contributed by atoms with Gasteiger partial charge in [-0.3, -0.25) is 0 Å². The van der Waals surface area contributed by atoms with Crippen molar-refractivity contribution >= 4 is 17.6 Å². The maximum atomic E-state index is 5.81. The van der Waals surface area contributed by atoms with E-state index in [-0.39, 0.29) is 0 Å². The molecule has 0 unspecified atom stereocenters. The lowest BCUT2D eigenvalue weighted by Crippen LogP contribution is -2.46. The molecule has 2 N–H and O–H groups in total. The predicted octanol–water partition coefficient (Wildman–Crippen LogP) is 3.00. The molecular weight excluding hydrogens is 312 g/mol. The van der Waals surface area contributed by atoms with Crippen molar-refractivity contribution in [2.45, 2.75) is 39.2 Å². The van der Waals surface area contributed by atoms with Crippen LogP contribution in [0.25, 0.3) is 0 Å². The summed E-state index contributed by atoms with van der Waals surface area (Å²) in [6.45, 7) is 5.28. The standard InChI is InChI=1S/C17H27ClN4O/c1-3-19-16(21-12-14-5-6-15(18)20-11-14)22-13-17(7-4-8-17)9-10-23-2/h5-6,11H,3-4,7-10,12-13H2,1-2H3,(H2,19,21,22). The SMILES string of the molecule is CCNC(=NCc1ccc(Cl)nc1)NCC1(CCOC)CCC1. The lowest BCUT2D eigenvalue weighted by Gasteiger charge is -2.42. The predicted molar refractivity (Wildman–Crippen MR) is 94.8 cm³/mol. The Bertz CT molecular complexity index is 500. The van der Waals surface area contributed by atoms with Gasteiger partial charge in [0.15, 0.2) is 5.96 Å². The summed E-state index contributed by atoms with van der Waals surface area (Å²) in [4.78, 5) is 8.72. The van der Waals surface area contributed by atoms with E-state index in [0.717, 1.165) is 37.6 Å². The second-order valence-corrected chi connectivity index (χ2v) is 6.52. The Morgan fingerprint density at radius 2 is 2.22 bits per heavy atom. The molecule has 128 valence electrons. The van der Waals surface area contributed by atoms with Crippen LogP contribution in [0.1, 0.15) is 38.2 Å². The normalized spacial score (nSPS) is 16.7. The van der Waals surface area contributed by atoms with E-state index in [1.165, 1.54) is 19.3 Å². The molecule has 1 fully saturated rings. The quantitative estimate of drug-likeness (QED) is 0.434. The highest BCUT2D eigenvalue weighted by Gasteiger charge is 2.36. The van der Waals surface area contributed by atoms with Gasteiger partial charge in [-0.05, 0) is 43.2 Å². The molecule has 0 radical (unpaired) electrons. The van der Waals surface area contributed by atoms with E-state index in [1.807, 2.05) is 6.07 Å². The van der Waals surface area contributed by atoms with Crippen LogP contribution in [0.15, 0.2) is 23.3 Å². The number of aliphatic imine (C=N–C) groups is 1. The first-order chi connectivity index (χ1) is 11.2. The largest absolute Gasteiger partial charge is 0.385 e. The minimum Gasteiger partial charge on any atom is -0.385 e. The van der Waals surface area contributed by atoms with E-state index in [9.17, 15) is 0 Å². The molecule has 5 nitrogen and oxygen atoms in total. The van der Waals surface area contributed by atoms with Crippen LogP contribution in [0.2, 0.25) is 5.15 Å². The van der Waals surface area contributed by atoms with E-state index in [4.69, 9.17) is 16.3 Å². The van der Waals surface area contributed by atoms with Crippen LogP contribution in [0.5, 0.6) is 0 Å². The summed E-state index contributed by atoms with van der Waals surface area (Å²) in [6.07, 6.45) is 6.72. The highest BCUT2D eigenvalue weighted by molar-refractivity contribution is 6.29. The van der Waals surface area contributed by atoms with Gasteiger partial charge in [0.2, 0.25) is 0 Å². The van der Waals surface area contributed by atoms with Crippen molar-refractivity contribution in [2.75, 3.05) is 26.8 Å². The smallest absolute Gasteiger partial charge is 0.191 e. The Kier molecular flexibility index (Phi) is 7.12. The second-order valence-electron chi connectivity index (χ2n) is 6.13. The number of methoxy groups -OCH3 is 1.